The monoisotopic (exact) mass is 767 g/mol. The van der Waals surface area contributed by atoms with Crippen LogP contribution in [0.1, 0.15) is 54.5 Å². The van der Waals surface area contributed by atoms with Crippen molar-refractivity contribution in [1.82, 2.24) is 30.8 Å². The fourth-order valence-electron chi connectivity index (χ4n) is 7.03. The molecule has 0 bridgehead atoms. The summed E-state index contributed by atoms with van der Waals surface area (Å²) in [4.78, 5) is 80.5. The molecule has 4 amide bonds. The molecule has 294 valence electrons. The van der Waals surface area contributed by atoms with E-state index in [4.69, 9.17) is 20.2 Å². The van der Waals surface area contributed by atoms with E-state index in [2.05, 4.69) is 21.3 Å². The molecule has 2 aliphatic heterocycles. The zero-order valence-corrected chi connectivity index (χ0v) is 31.2. The third-order valence-corrected chi connectivity index (χ3v) is 10.0. The lowest BCUT2D eigenvalue weighted by molar-refractivity contribution is -0.172. The van der Waals surface area contributed by atoms with Crippen LogP contribution < -0.4 is 37.3 Å². The molecule has 2 aromatic carbocycles. The molecule has 0 radical (unpaired) electrons. The van der Waals surface area contributed by atoms with Crippen LogP contribution in [0, 0.1) is 0 Å². The van der Waals surface area contributed by atoms with E-state index in [1.54, 1.807) is 23.6 Å². The van der Waals surface area contributed by atoms with Gasteiger partial charge in [0.05, 0.1) is 55.3 Å². The van der Waals surface area contributed by atoms with Crippen LogP contribution in [0.5, 0.6) is 5.75 Å². The Hall–Kier alpha value is -6.13. The summed E-state index contributed by atoms with van der Waals surface area (Å²) in [6.45, 7) is 3.44. The minimum absolute atomic E-state index is 0.0621. The summed E-state index contributed by atoms with van der Waals surface area (Å²) >= 11 is 0. The Bertz CT molecular complexity index is 2240. The van der Waals surface area contributed by atoms with E-state index in [9.17, 15) is 33.9 Å². The number of aryl methyl sites for hydroxylation is 1. The summed E-state index contributed by atoms with van der Waals surface area (Å²) in [6.07, 6.45) is 1.37. The van der Waals surface area contributed by atoms with Gasteiger partial charge in [-0.05, 0) is 54.7 Å². The topological polar surface area (TPSA) is 233 Å². The number of aliphatic hydroxyl groups is 1. The first-order valence-electron chi connectivity index (χ1n) is 18.6. The first-order valence-corrected chi connectivity index (χ1v) is 18.6. The number of carbonyl (C=O) groups excluding carboxylic acids is 5. The van der Waals surface area contributed by atoms with E-state index in [0.29, 0.717) is 42.0 Å². The van der Waals surface area contributed by atoms with Crippen molar-refractivity contribution in [1.29, 1.82) is 0 Å². The Morgan fingerprint density at radius 2 is 1.75 bits per heavy atom. The van der Waals surface area contributed by atoms with Crippen LogP contribution in [0.2, 0.25) is 0 Å². The fraction of sp³-hybridized carbons (Fsp3) is 0.375. The van der Waals surface area contributed by atoms with Crippen LogP contribution in [0.4, 0.5) is 0 Å². The van der Waals surface area contributed by atoms with Gasteiger partial charge in [-0.15, -0.1) is 0 Å². The summed E-state index contributed by atoms with van der Waals surface area (Å²) in [7, 11) is 0. The summed E-state index contributed by atoms with van der Waals surface area (Å²) < 4.78 is 12.8. The number of cyclic esters (lactones) is 1. The number of amides is 4. The molecular weight excluding hydrogens is 722 g/mol. The maximum Gasteiger partial charge on any atom is 0.343 e. The van der Waals surface area contributed by atoms with Gasteiger partial charge in [-0.1, -0.05) is 44.2 Å². The highest BCUT2D eigenvalue weighted by Gasteiger charge is 2.45. The molecule has 16 nitrogen and oxygen atoms in total. The average molecular weight is 768 g/mol. The van der Waals surface area contributed by atoms with Crippen LogP contribution in [0.15, 0.2) is 59.4 Å². The van der Waals surface area contributed by atoms with Crippen molar-refractivity contribution < 1.29 is 38.6 Å². The van der Waals surface area contributed by atoms with Gasteiger partial charge in [0.15, 0.2) is 5.60 Å². The Morgan fingerprint density at radius 3 is 2.48 bits per heavy atom. The number of fused-ring (bicyclic) bond motifs is 5. The SMILES string of the molecule is CCc1c2c(nc3ccc(OCCCNC(=O)CNC(=O)[C@@H](Cc4ccccc4)NC(=O)CNC(=O)CN)cc13)-c1cc3c(c(=O)n1C2)COC(=O)[C@]3(O)CC. The van der Waals surface area contributed by atoms with Crippen molar-refractivity contribution >= 4 is 40.5 Å². The van der Waals surface area contributed by atoms with Crippen LogP contribution in [-0.4, -0.2) is 83.1 Å². The summed E-state index contributed by atoms with van der Waals surface area (Å²) in [5, 5.41) is 22.3. The van der Waals surface area contributed by atoms with Crippen molar-refractivity contribution in [2.75, 3.05) is 32.8 Å². The number of aromatic nitrogens is 2. The molecule has 2 aromatic heterocycles. The summed E-state index contributed by atoms with van der Waals surface area (Å²) in [5.41, 5.74) is 8.17. The van der Waals surface area contributed by atoms with E-state index in [0.717, 1.165) is 22.1 Å². The second-order valence-electron chi connectivity index (χ2n) is 13.6. The minimum atomic E-state index is -1.90. The first-order chi connectivity index (χ1) is 27.0. The molecule has 0 unspecified atom stereocenters. The van der Waals surface area contributed by atoms with Gasteiger partial charge in [0.25, 0.3) is 5.56 Å². The molecule has 0 saturated heterocycles. The lowest BCUT2D eigenvalue weighted by atomic mass is 9.86. The summed E-state index contributed by atoms with van der Waals surface area (Å²) in [5.74, 6) is -2.23. The first kappa shape index (κ1) is 39.6. The van der Waals surface area contributed by atoms with Gasteiger partial charge in [-0.3, -0.25) is 24.0 Å². The smallest absolute Gasteiger partial charge is 0.343 e. The molecule has 0 saturated carbocycles. The van der Waals surface area contributed by atoms with E-state index >= 15 is 0 Å². The van der Waals surface area contributed by atoms with E-state index < -0.39 is 41.2 Å². The van der Waals surface area contributed by atoms with Crippen molar-refractivity contribution in [3.63, 3.8) is 0 Å². The van der Waals surface area contributed by atoms with Crippen LogP contribution in [-0.2, 0) is 60.3 Å². The molecule has 7 N–H and O–H groups in total. The second kappa shape index (κ2) is 17.1. The fourth-order valence-corrected chi connectivity index (χ4v) is 7.03. The van der Waals surface area contributed by atoms with E-state index in [-0.39, 0.29) is 68.9 Å². The third-order valence-electron chi connectivity index (χ3n) is 10.0. The minimum Gasteiger partial charge on any atom is -0.494 e. The van der Waals surface area contributed by atoms with Crippen molar-refractivity contribution in [3.05, 3.63) is 92.8 Å². The zero-order valence-electron chi connectivity index (χ0n) is 31.2. The van der Waals surface area contributed by atoms with Gasteiger partial charge in [-0.25, -0.2) is 9.78 Å². The highest BCUT2D eigenvalue weighted by atomic mass is 16.6. The lowest BCUT2D eigenvalue weighted by Gasteiger charge is -2.31. The maximum atomic E-state index is 13.6. The molecule has 0 aliphatic carbocycles. The molecule has 4 aromatic rings. The average Bonchev–Trinajstić information content (AvgIpc) is 3.57. The Kier molecular flexibility index (Phi) is 12.1. The lowest BCUT2D eigenvalue weighted by Crippen LogP contribution is -2.52. The molecule has 6 rings (SSSR count). The molecule has 16 heteroatoms. The maximum absolute atomic E-state index is 13.6. The molecule has 2 aliphatic rings. The van der Waals surface area contributed by atoms with Crippen molar-refractivity contribution in [2.45, 2.75) is 64.3 Å². The van der Waals surface area contributed by atoms with Crippen LogP contribution in [0.3, 0.4) is 0 Å². The van der Waals surface area contributed by atoms with Gasteiger partial charge >= 0.3 is 5.97 Å². The van der Waals surface area contributed by atoms with Crippen molar-refractivity contribution in [3.8, 4) is 17.1 Å². The standard InChI is InChI=1S/C40H45N7O9/c1-3-25-26-16-24(11-12-30(26)46-36-27(25)21-47-32(36)17-29-28(38(47)52)22-56-39(53)40(29,54)4-2)55-14-8-13-42-34(49)19-44-37(51)31(15-23-9-6-5-7-10-23)45-35(50)20-43-33(48)18-41/h5-7,9-12,16-17,31,54H,3-4,8,13-15,18-22,41H2,1-2H3,(H,42,49)(H,43,48)(H,44,51)(H,45,50)/t31-,40+/m1/s1. The highest BCUT2D eigenvalue weighted by Crippen LogP contribution is 2.40. The number of benzene rings is 2. The number of ether oxygens (including phenoxy) is 2. The van der Waals surface area contributed by atoms with Crippen LogP contribution >= 0.6 is 0 Å². The van der Waals surface area contributed by atoms with Gasteiger partial charge in [0.1, 0.15) is 18.4 Å². The Balaban J connectivity index is 1.03. The number of hydrogen-bond donors (Lipinski definition) is 6. The molecule has 4 heterocycles. The van der Waals surface area contributed by atoms with Gasteiger partial charge < -0.3 is 46.1 Å². The van der Waals surface area contributed by atoms with Gasteiger partial charge in [0, 0.05) is 29.5 Å². The van der Waals surface area contributed by atoms with E-state index in [1.807, 2.05) is 49.4 Å². The number of esters is 1. The Labute approximate surface area is 322 Å². The predicted octanol–water partition coefficient (Wildman–Crippen LogP) is 0.446. The van der Waals surface area contributed by atoms with Gasteiger partial charge in [0.2, 0.25) is 23.6 Å². The van der Waals surface area contributed by atoms with Crippen molar-refractivity contribution in [2.24, 2.45) is 5.73 Å². The Morgan fingerprint density at radius 1 is 0.982 bits per heavy atom. The number of nitrogens with two attached hydrogens (primary N) is 1. The zero-order chi connectivity index (χ0) is 40.0. The van der Waals surface area contributed by atoms with Gasteiger partial charge in [-0.2, -0.15) is 0 Å². The molecular formula is C40H45N7O9. The number of hydrogen-bond acceptors (Lipinski definition) is 11. The normalized spacial score (nSPS) is 15.8. The number of carbonyl (C=O) groups is 5. The number of nitrogens with zero attached hydrogens (tertiary/aromatic N) is 2. The molecule has 0 spiro atoms. The molecule has 2 atom stereocenters. The quantitative estimate of drug-likeness (QED) is 0.0596. The number of rotatable bonds is 16. The number of pyridine rings is 2. The summed E-state index contributed by atoms with van der Waals surface area (Å²) in [6, 6.07) is 15.3. The predicted molar refractivity (Wildman–Crippen MR) is 204 cm³/mol. The molecule has 56 heavy (non-hydrogen) atoms. The second-order valence-corrected chi connectivity index (χ2v) is 13.6. The van der Waals surface area contributed by atoms with E-state index in [1.165, 1.54) is 0 Å². The highest BCUT2D eigenvalue weighted by molar-refractivity contribution is 5.93. The largest absolute Gasteiger partial charge is 0.494 e. The van der Waals surface area contributed by atoms with Crippen LogP contribution in [0.25, 0.3) is 22.3 Å². The third kappa shape index (κ3) is 8.25. The number of nitrogens with one attached hydrogen (secondary N) is 4. The molecule has 0 fully saturated rings.